The lowest BCUT2D eigenvalue weighted by Crippen LogP contribution is -2.74. The van der Waals surface area contributed by atoms with Crippen LogP contribution in [-0.2, 0) is 25.7 Å². The average molecular weight is 469 g/mol. The van der Waals surface area contributed by atoms with Crippen LogP contribution in [0.2, 0.25) is 0 Å². The summed E-state index contributed by atoms with van der Waals surface area (Å²) in [6.45, 7) is 3.83. The summed E-state index contributed by atoms with van der Waals surface area (Å²) < 4.78 is 16.0. The van der Waals surface area contributed by atoms with E-state index in [9.17, 15) is 14.4 Å². The third-order valence-electron chi connectivity index (χ3n) is 5.38. The minimum Gasteiger partial charge on any atom is -0.497 e. The summed E-state index contributed by atoms with van der Waals surface area (Å²) in [6, 6.07) is 14.5. The molecule has 33 heavy (non-hydrogen) atoms. The Morgan fingerprint density at radius 1 is 1.12 bits per heavy atom. The van der Waals surface area contributed by atoms with Crippen LogP contribution in [0.1, 0.15) is 5.56 Å². The number of carbonyl (C=O) groups is 3. The van der Waals surface area contributed by atoms with Crippen LogP contribution in [0.3, 0.4) is 0 Å². The normalized spacial score (nSPS) is 21.5. The molecule has 2 aliphatic heterocycles. The molecule has 0 saturated carbocycles. The van der Waals surface area contributed by atoms with E-state index in [1.165, 1.54) is 16.7 Å². The molecule has 3 atom stereocenters. The topological polar surface area (TPSA) is 94.2 Å². The first-order valence-electron chi connectivity index (χ1n) is 10.4. The number of β-lactam (4-membered cyclic amide) rings is 1. The molecule has 0 aliphatic carbocycles. The Kier molecular flexibility index (Phi) is 6.88. The van der Waals surface area contributed by atoms with E-state index in [0.717, 1.165) is 5.56 Å². The Balaban J connectivity index is 1.32. The van der Waals surface area contributed by atoms with Gasteiger partial charge in [0, 0.05) is 5.75 Å². The van der Waals surface area contributed by atoms with Crippen LogP contribution in [0.4, 0.5) is 0 Å². The Labute approximate surface area is 195 Å². The summed E-state index contributed by atoms with van der Waals surface area (Å²) in [5.41, 5.74) is 1.40. The minimum atomic E-state index is -0.865. The molecule has 0 bridgehead atoms. The molecule has 2 aromatic rings. The van der Waals surface area contributed by atoms with Gasteiger partial charge in [-0.3, -0.25) is 9.59 Å². The number of rotatable bonds is 8. The molecule has 2 heterocycles. The van der Waals surface area contributed by atoms with Crippen molar-refractivity contribution in [2.24, 2.45) is 0 Å². The fraction of sp³-hybridized carbons (Fsp3) is 0.292. The van der Waals surface area contributed by atoms with Gasteiger partial charge in [0.15, 0.2) is 12.6 Å². The van der Waals surface area contributed by atoms with Crippen LogP contribution < -0.4 is 14.8 Å². The molecular formula is C24H24N2O6S. The third-order valence-corrected chi connectivity index (χ3v) is 6.76. The number of esters is 1. The zero-order valence-corrected chi connectivity index (χ0v) is 18.9. The third kappa shape index (κ3) is 4.98. The van der Waals surface area contributed by atoms with Crippen molar-refractivity contribution in [2.75, 3.05) is 19.5 Å². The van der Waals surface area contributed by atoms with Gasteiger partial charge in [-0.05, 0) is 35.4 Å². The van der Waals surface area contributed by atoms with Crippen LogP contribution in [0.25, 0.3) is 0 Å². The number of hydrogen-bond acceptors (Lipinski definition) is 7. The number of amides is 2. The van der Waals surface area contributed by atoms with E-state index < -0.39 is 24.0 Å². The van der Waals surface area contributed by atoms with E-state index in [1.807, 2.05) is 6.07 Å². The number of benzene rings is 2. The highest BCUT2D eigenvalue weighted by molar-refractivity contribution is 8.00. The van der Waals surface area contributed by atoms with Gasteiger partial charge in [0.25, 0.3) is 5.91 Å². The van der Waals surface area contributed by atoms with Gasteiger partial charge < -0.3 is 24.4 Å². The Morgan fingerprint density at radius 3 is 2.55 bits per heavy atom. The highest BCUT2D eigenvalue weighted by Crippen LogP contribution is 2.40. The molecule has 4 rings (SSSR count). The predicted octanol–water partition coefficient (Wildman–Crippen LogP) is 2.14. The van der Waals surface area contributed by atoms with E-state index in [2.05, 4.69) is 11.9 Å². The lowest BCUT2D eigenvalue weighted by Gasteiger charge is -2.52. The van der Waals surface area contributed by atoms with Gasteiger partial charge in [0.2, 0.25) is 5.91 Å². The molecule has 0 radical (unpaired) electrons. The molecule has 0 aromatic heterocycles. The number of nitrogens with one attached hydrogen (secondary N) is 1. The number of thioether (sulfide) groups is 1. The van der Waals surface area contributed by atoms with E-state index >= 15 is 0 Å². The molecule has 2 aliphatic rings. The largest absolute Gasteiger partial charge is 0.497 e. The van der Waals surface area contributed by atoms with Crippen molar-refractivity contribution in [3.8, 4) is 11.5 Å². The van der Waals surface area contributed by atoms with E-state index in [4.69, 9.17) is 14.2 Å². The molecule has 2 amide bonds. The number of methoxy groups -OCH3 is 1. The molecule has 9 heteroatoms. The van der Waals surface area contributed by atoms with Crippen molar-refractivity contribution >= 4 is 29.5 Å². The van der Waals surface area contributed by atoms with Crippen LogP contribution in [0, 0.1) is 0 Å². The summed E-state index contributed by atoms with van der Waals surface area (Å²) in [5, 5.41) is 2.35. The SMILES string of the molecule is C=C1CSC2C(NC(=O)COc3ccccc3)C(=O)N2C1C(=O)OCc1ccc(OC)cc1. The summed E-state index contributed by atoms with van der Waals surface area (Å²) >= 11 is 1.46. The van der Waals surface area contributed by atoms with Gasteiger partial charge in [-0.15, -0.1) is 11.8 Å². The number of fused-ring (bicyclic) bond motifs is 1. The Hall–Kier alpha value is -3.46. The number of carbonyl (C=O) groups excluding carboxylic acids is 3. The zero-order chi connectivity index (χ0) is 23.4. The van der Waals surface area contributed by atoms with Crippen molar-refractivity contribution < 1.29 is 28.6 Å². The van der Waals surface area contributed by atoms with Crippen LogP contribution in [0.5, 0.6) is 11.5 Å². The van der Waals surface area contributed by atoms with Crippen molar-refractivity contribution in [2.45, 2.75) is 24.1 Å². The maximum Gasteiger partial charge on any atom is 0.333 e. The molecule has 172 valence electrons. The van der Waals surface area contributed by atoms with E-state index in [0.29, 0.717) is 22.8 Å². The Morgan fingerprint density at radius 2 is 1.85 bits per heavy atom. The van der Waals surface area contributed by atoms with Gasteiger partial charge >= 0.3 is 5.97 Å². The molecule has 0 spiro atoms. The predicted molar refractivity (Wildman–Crippen MR) is 123 cm³/mol. The number of hydrogen-bond donors (Lipinski definition) is 1. The monoisotopic (exact) mass is 468 g/mol. The fourth-order valence-electron chi connectivity index (χ4n) is 3.65. The molecule has 2 aromatic carbocycles. The number of nitrogens with zero attached hydrogens (tertiary/aromatic N) is 1. The van der Waals surface area contributed by atoms with Gasteiger partial charge in [0.05, 0.1) is 7.11 Å². The Bertz CT molecular complexity index is 1040. The molecule has 1 N–H and O–H groups in total. The van der Waals surface area contributed by atoms with Crippen LogP contribution in [0.15, 0.2) is 66.7 Å². The minimum absolute atomic E-state index is 0.0729. The highest BCUT2D eigenvalue weighted by Gasteiger charge is 2.56. The summed E-state index contributed by atoms with van der Waals surface area (Å²) in [6.07, 6.45) is 0. The van der Waals surface area contributed by atoms with Crippen molar-refractivity contribution in [1.29, 1.82) is 0 Å². The first kappa shape index (κ1) is 22.7. The molecule has 8 nitrogen and oxygen atoms in total. The smallest absolute Gasteiger partial charge is 0.333 e. The molecule has 2 fully saturated rings. The molecular weight excluding hydrogens is 444 g/mol. The van der Waals surface area contributed by atoms with Gasteiger partial charge in [-0.25, -0.2) is 4.79 Å². The maximum absolute atomic E-state index is 12.8. The number of ether oxygens (including phenoxy) is 3. The zero-order valence-electron chi connectivity index (χ0n) is 18.1. The number of para-hydroxylation sites is 1. The second kappa shape index (κ2) is 9.99. The lowest BCUT2D eigenvalue weighted by atomic mass is 9.98. The quantitative estimate of drug-likeness (QED) is 0.360. The van der Waals surface area contributed by atoms with E-state index in [1.54, 1.807) is 55.6 Å². The second-order valence-corrected chi connectivity index (χ2v) is 8.72. The standard InChI is InChI=1S/C24H24N2O6S/c1-15-14-33-23-20(25-19(27)13-31-18-6-4-3-5-7-18)22(28)26(23)21(15)24(29)32-12-16-8-10-17(30-2)11-9-16/h3-11,20-21,23H,1,12-14H2,2H3,(H,25,27). The summed E-state index contributed by atoms with van der Waals surface area (Å²) in [4.78, 5) is 39.3. The maximum atomic E-state index is 12.8. The van der Waals surface area contributed by atoms with Gasteiger partial charge in [-0.1, -0.05) is 36.9 Å². The van der Waals surface area contributed by atoms with Gasteiger partial charge in [0.1, 0.15) is 29.5 Å². The van der Waals surface area contributed by atoms with Crippen LogP contribution in [-0.4, -0.2) is 59.6 Å². The molecule has 2 saturated heterocycles. The van der Waals surface area contributed by atoms with E-state index in [-0.39, 0.29) is 24.5 Å². The lowest BCUT2D eigenvalue weighted by molar-refractivity contribution is -0.164. The van der Waals surface area contributed by atoms with Crippen molar-refractivity contribution in [3.63, 3.8) is 0 Å². The summed E-state index contributed by atoms with van der Waals surface area (Å²) in [7, 11) is 1.58. The highest BCUT2D eigenvalue weighted by atomic mass is 32.2. The second-order valence-electron chi connectivity index (χ2n) is 7.61. The van der Waals surface area contributed by atoms with Crippen LogP contribution >= 0.6 is 11.8 Å². The average Bonchev–Trinajstić information content (AvgIpc) is 2.85. The molecule has 3 unspecified atom stereocenters. The van der Waals surface area contributed by atoms with Gasteiger partial charge in [-0.2, -0.15) is 0 Å². The fourth-order valence-corrected chi connectivity index (χ4v) is 4.96. The summed E-state index contributed by atoms with van der Waals surface area (Å²) in [5.74, 6) is 0.486. The van der Waals surface area contributed by atoms with Crippen molar-refractivity contribution in [3.05, 3.63) is 72.3 Å². The first-order chi connectivity index (χ1) is 16.0. The van der Waals surface area contributed by atoms with Crippen molar-refractivity contribution in [1.82, 2.24) is 10.2 Å². The first-order valence-corrected chi connectivity index (χ1v) is 11.4.